The molecule has 0 unspecified atom stereocenters. The van der Waals surface area contributed by atoms with Crippen molar-refractivity contribution in [1.82, 2.24) is 4.57 Å². The highest BCUT2D eigenvalue weighted by molar-refractivity contribution is 6.24. The van der Waals surface area contributed by atoms with Gasteiger partial charge in [-0.05, 0) is 88.3 Å². The van der Waals surface area contributed by atoms with E-state index in [9.17, 15) is 0 Å². The van der Waals surface area contributed by atoms with Crippen molar-refractivity contribution in [1.29, 1.82) is 0 Å². The van der Waals surface area contributed by atoms with Gasteiger partial charge >= 0.3 is 0 Å². The van der Waals surface area contributed by atoms with Crippen molar-refractivity contribution in [3.8, 4) is 27.9 Å². The molecule has 0 radical (unpaired) electrons. The quantitative estimate of drug-likeness (QED) is 0.181. The topological polar surface area (TPSA) is 8.17 Å². The van der Waals surface area contributed by atoms with Crippen LogP contribution in [0.4, 0.5) is 17.1 Å². The van der Waals surface area contributed by atoms with Gasteiger partial charge in [0.15, 0.2) is 0 Å². The van der Waals surface area contributed by atoms with Gasteiger partial charge in [0.2, 0.25) is 0 Å². The Bertz CT molecular complexity index is 2550. The number of nitrogens with zero attached hydrogens (tertiary/aromatic N) is 2. The fourth-order valence-electron chi connectivity index (χ4n) is 7.20. The molecule has 1 heterocycles. The molecular weight excluding hydrogens is 581 g/mol. The Labute approximate surface area is 280 Å². The highest BCUT2D eigenvalue weighted by Gasteiger charge is 2.20. The van der Waals surface area contributed by atoms with E-state index in [1.807, 2.05) is 0 Å². The number of para-hydroxylation sites is 3. The Kier molecular flexibility index (Phi) is 6.84. The third kappa shape index (κ3) is 4.74. The van der Waals surface area contributed by atoms with Crippen molar-refractivity contribution >= 4 is 49.6 Å². The molecule has 0 bridgehead atoms. The molecule has 0 aliphatic heterocycles. The largest absolute Gasteiger partial charge is 0.310 e. The number of anilines is 3. The Hall–Kier alpha value is -6.38. The molecule has 0 saturated carbocycles. The van der Waals surface area contributed by atoms with E-state index in [4.69, 9.17) is 0 Å². The summed E-state index contributed by atoms with van der Waals surface area (Å²) in [6, 6.07) is 69.8. The molecule has 48 heavy (non-hydrogen) atoms. The minimum Gasteiger partial charge on any atom is -0.310 e. The van der Waals surface area contributed by atoms with Crippen LogP contribution in [0.2, 0.25) is 0 Å². The van der Waals surface area contributed by atoms with Gasteiger partial charge in [0.05, 0.1) is 11.0 Å². The van der Waals surface area contributed by atoms with Crippen LogP contribution in [-0.4, -0.2) is 4.57 Å². The lowest BCUT2D eigenvalue weighted by Crippen LogP contribution is -2.10. The van der Waals surface area contributed by atoms with Crippen LogP contribution in [0.5, 0.6) is 0 Å². The molecule has 0 N–H and O–H groups in total. The second kappa shape index (κ2) is 11.8. The lowest BCUT2D eigenvalue weighted by atomic mass is 9.94. The molecule has 0 atom stereocenters. The summed E-state index contributed by atoms with van der Waals surface area (Å²) in [5, 5.41) is 4.98. The number of benzene rings is 8. The monoisotopic (exact) mass is 612 g/mol. The molecule has 0 amide bonds. The summed E-state index contributed by atoms with van der Waals surface area (Å²) >= 11 is 0. The van der Waals surface area contributed by atoms with E-state index in [-0.39, 0.29) is 0 Å². The van der Waals surface area contributed by atoms with Gasteiger partial charge in [-0.25, -0.2) is 0 Å². The highest BCUT2D eigenvalue weighted by atomic mass is 15.1. The normalized spacial score (nSPS) is 11.3. The van der Waals surface area contributed by atoms with Crippen LogP contribution in [0, 0.1) is 0 Å². The van der Waals surface area contributed by atoms with Gasteiger partial charge in [0.25, 0.3) is 0 Å². The fourth-order valence-corrected chi connectivity index (χ4v) is 7.20. The lowest BCUT2D eigenvalue weighted by molar-refractivity contribution is 1.19. The summed E-state index contributed by atoms with van der Waals surface area (Å²) in [6.45, 7) is 0. The van der Waals surface area contributed by atoms with E-state index in [0.717, 1.165) is 22.7 Å². The Morgan fingerprint density at radius 2 is 0.917 bits per heavy atom. The molecule has 1 aromatic heterocycles. The van der Waals surface area contributed by atoms with Crippen LogP contribution in [0.1, 0.15) is 0 Å². The summed E-state index contributed by atoms with van der Waals surface area (Å²) in [6.07, 6.45) is 0. The molecule has 0 aliphatic carbocycles. The second-order valence-electron chi connectivity index (χ2n) is 12.2. The first-order chi connectivity index (χ1) is 23.8. The molecule has 9 aromatic rings. The number of rotatable bonds is 6. The first-order valence-corrected chi connectivity index (χ1v) is 16.4. The molecule has 9 rings (SSSR count). The van der Waals surface area contributed by atoms with Crippen molar-refractivity contribution in [2.45, 2.75) is 0 Å². The summed E-state index contributed by atoms with van der Waals surface area (Å²) in [7, 11) is 0. The van der Waals surface area contributed by atoms with Crippen LogP contribution in [0.25, 0.3) is 60.5 Å². The Morgan fingerprint density at radius 3 is 1.67 bits per heavy atom. The maximum atomic E-state index is 2.44. The van der Waals surface area contributed by atoms with Crippen molar-refractivity contribution in [3.63, 3.8) is 0 Å². The van der Waals surface area contributed by atoms with E-state index in [1.165, 1.54) is 54.8 Å². The average molecular weight is 613 g/mol. The summed E-state index contributed by atoms with van der Waals surface area (Å²) in [5.41, 5.74) is 11.7. The maximum Gasteiger partial charge on any atom is 0.0625 e. The first kappa shape index (κ1) is 27.9. The molecule has 226 valence electrons. The summed E-state index contributed by atoms with van der Waals surface area (Å²) in [4.78, 5) is 2.36. The van der Waals surface area contributed by atoms with Crippen LogP contribution in [0.3, 0.4) is 0 Å². The van der Waals surface area contributed by atoms with Crippen LogP contribution >= 0.6 is 0 Å². The third-order valence-corrected chi connectivity index (χ3v) is 9.32. The highest BCUT2D eigenvalue weighted by Crippen LogP contribution is 2.44. The second-order valence-corrected chi connectivity index (χ2v) is 12.2. The number of fused-ring (bicyclic) bond motifs is 5. The summed E-state index contributed by atoms with van der Waals surface area (Å²) < 4.78 is 2.44. The smallest absolute Gasteiger partial charge is 0.0625 e. The number of hydrogen-bond acceptors (Lipinski definition) is 1. The molecule has 0 aliphatic rings. The van der Waals surface area contributed by atoms with Gasteiger partial charge in [-0.1, -0.05) is 133 Å². The van der Waals surface area contributed by atoms with E-state index >= 15 is 0 Å². The minimum atomic E-state index is 1.11. The minimum absolute atomic E-state index is 1.11. The summed E-state index contributed by atoms with van der Waals surface area (Å²) in [5.74, 6) is 0. The van der Waals surface area contributed by atoms with Gasteiger partial charge in [0.1, 0.15) is 0 Å². The molecule has 0 saturated heterocycles. The number of aromatic nitrogens is 1. The van der Waals surface area contributed by atoms with Crippen molar-refractivity contribution in [2.75, 3.05) is 4.90 Å². The van der Waals surface area contributed by atoms with Crippen molar-refractivity contribution < 1.29 is 0 Å². The average Bonchev–Trinajstić information content (AvgIpc) is 3.52. The molecule has 2 nitrogen and oxygen atoms in total. The number of hydrogen-bond donors (Lipinski definition) is 0. The van der Waals surface area contributed by atoms with Crippen molar-refractivity contribution in [2.24, 2.45) is 0 Å². The van der Waals surface area contributed by atoms with Crippen molar-refractivity contribution in [3.05, 3.63) is 194 Å². The van der Waals surface area contributed by atoms with Crippen LogP contribution in [-0.2, 0) is 0 Å². The molecular formula is C46H32N2. The Balaban J connectivity index is 1.30. The van der Waals surface area contributed by atoms with Gasteiger partial charge < -0.3 is 9.47 Å². The maximum absolute atomic E-state index is 2.44. The van der Waals surface area contributed by atoms with Gasteiger partial charge in [-0.15, -0.1) is 0 Å². The molecule has 0 fully saturated rings. The Morgan fingerprint density at radius 1 is 0.375 bits per heavy atom. The predicted octanol–water partition coefficient (Wildman–Crippen LogP) is 12.7. The van der Waals surface area contributed by atoms with Crippen LogP contribution in [0.15, 0.2) is 194 Å². The van der Waals surface area contributed by atoms with Gasteiger partial charge in [-0.3, -0.25) is 0 Å². The standard InChI is InChI=1S/C46H32N2/c1-4-16-33(17-5-1)34-19-14-25-39(30-34)47(37-21-6-2-7-22-37)40-26-15-20-35(31-40)43-32-36-18-10-11-27-41(36)46-45(43)42-28-12-13-29-44(42)48(46)38-23-8-3-9-24-38/h1-32H. The van der Waals surface area contributed by atoms with E-state index in [1.54, 1.807) is 0 Å². The van der Waals surface area contributed by atoms with E-state index in [2.05, 4.69) is 204 Å². The fraction of sp³-hybridized carbons (Fsp3) is 0. The lowest BCUT2D eigenvalue weighted by Gasteiger charge is -2.26. The molecule has 8 aromatic carbocycles. The van der Waals surface area contributed by atoms with E-state index in [0.29, 0.717) is 0 Å². The first-order valence-electron chi connectivity index (χ1n) is 16.4. The molecule has 2 heteroatoms. The third-order valence-electron chi connectivity index (χ3n) is 9.32. The van der Waals surface area contributed by atoms with Gasteiger partial charge in [-0.2, -0.15) is 0 Å². The zero-order valence-electron chi connectivity index (χ0n) is 26.4. The van der Waals surface area contributed by atoms with E-state index < -0.39 is 0 Å². The zero-order chi connectivity index (χ0) is 31.9. The van der Waals surface area contributed by atoms with Gasteiger partial charge in [0, 0.05) is 38.9 Å². The SMILES string of the molecule is c1ccc(-c2cccc(N(c3ccccc3)c3cccc(-c4cc5ccccc5c5c4c4ccccc4n5-c4ccccc4)c3)c2)cc1. The van der Waals surface area contributed by atoms with Crippen LogP contribution < -0.4 is 4.90 Å². The molecule has 0 spiro atoms. The zero-order valence-corrected chi connectivity index (χ0v) is 26.4. The predicted molar refractivity (Wildman–Crippen MR) is 204 cm³/mol.